The SMILES string of the molecule is CC1(C)CCCc2ccc(-c3csc(N4CCN(C(CCO)CCCCO)CC4)n3)cc21. The summed E-state index contributed by atoms with van der Waals surface area (Å²) in [4.78, 5) is 9.96. The molecule has 4 rings (SSSR count). The van der Waals surface area contributed by atoms with Crippen LogP contribution >= 0.6 is 11.3 Å². The summed E-state index contributed by atoms with van der Waals surface area (Å²) < 4.78 is 0. The highest BCUT2D eigenvalue weighted by atomic mass is 32.1. The Morgan fingerprint density at radius 3 is 2.62 bits per heavy atom. The maximum atomic E-state index is 9.48. The molecule has 0 amide bonds. The molecule has 1 atom stereocenters. The molecule has 2 aromatic rings. The minimum atomic E-state index is 0.234. The largest absolute Gasteiger partial charge is 0.396 e. The van der Waals surface area contributed by atoms with Crippen LogP contribution in [0.1, 0.15) is 63.5 Å². The Kier molecular flexibility index (Phi) is 7.87. The summed E-state index contributed by atoms with van der Waals surface area (Å²) in [6.07, 6.45) is 7.49. The summed E-state index contributed by atoms with van der Waals surface area (Å²) in [7, 11) is 0. The summed E-state index contributed by atoms with van der Waals surface area (Å²) in [5, 5.41) is 21.9. The Morgan fingerprint density at radius 2 is 1.88 bits per heavy atom. The van der Waals surface area contributed by atoms with Gasteiger partial charge in [0.1, 0.15) is 0 Å². The number of fused-ring (bicyclic) bond motifs is 1. The second kappa shape index (κ2) is 10.6. The maximum absolute atomic E-state index is 9.48. The number of aliphatic hydroxyl groups is 2. The zero-order valence-electron chi connectivity index (χ0n) is 19.7. The van der Waals surface area contributed by atoms with E-state index >= 15 is 0 Å². The van der Waals surface area contributed by atoms with Crippen molar-refractivity contribution in [3.8, 4) is 11.3 Å². The van der Waals surface area contributed by atoms with Gasteiger partial charge in [-0.2, -0.15) is 0 Å². The number of hydrogen-bond acceptors (Lipinski definition) is 6. The van der Waals surface area contributed by atoms with Gasteiger partial charge >= 0.3 is 0 Å². The fourth-order valence-electron chi connectivity index (χ4n) is 5.41. The van der Waals surface area contributed by atoms with Crippen LogP contribution in [0.5, 0.6) is 0 Å². The van der Waals surface area contributed by atoms with Crippen molar-refractivity contribution in [1.82, 2.24) is 9.88 Å². The highest BCUT2D eigenvalue weighted by Gasteiger charge is 2.28. The third-order valence-corrected chi connectivity index (χ3v) is 8.29. The predicted molar refractivity (Wildman–Crippen MR) is 134 cm³/mol. The van der Waals surface area contributed by atoms with Crippen LogP contribution in [0, 0.1) is 0 Å². The number of hydrogen-bond donors (Lipinski definition) is 2. The van der Waals surface area contributed by atoms with Crippen LogP contribution in [0.4, 0.5) is 5.13 Å². The fourth-order valence-corrected chi connectivity index (χ4v) is 6.30. The molecule has 0 bridgehead atoms. The first-order valence-electron chi connectivity index (χ1n) is 12.3. The Balaban J connectivity index is 1.40. The zero-order valence-corrected chi connectivity index (χ0v) is 20.5. The van der Waals surface area contributed by atoms with Crippen LogP contribution in [0.3, 0.4) is 0 Å². The second-order valence-electron chi connectivity index (χ2n) is 10.0. The number of benzene rings is 1. The van der Waals surface area contributed by atoms with Gasteiger partial charge in [0.2, 0.25) is 0 Å². The molecular formula is C26H39N3O2S. The summed E-state index contributed by atoms with van der Waals surface area (Å²) in [5.74, 6) is 0. The molecule has 0 radical (unpaired) electrons. The molecule has 0 spiro atoms. The van der Waals surface area contributed by atoms with Gasteiger partial charge in [-0.3, -0.25) is 4.90 Å². The highest BCUT2D eigenvalue weighted by molar-refractivity contribution is 7.14. The van der Waals surface area contributed by atoms with E-state index in [0.29, 0.717) is 6.04 Å². The van der Waals surface area contributed by atoms with E-state index in [1.165, 1.54) is 36.0 Å². The number of aliphatic hydroxyl groups excluding tert-OH is 2. The molecule has 32 heavy (non-hydrogen) atoms. The topological polar surface area (TPSA) is 59.8 Å². The molecule has 0 saturated carbocycles. The summed E-state index contributed by atoms with van der Waals surface area (Å²) in [6, 6.07) is 7.38. The number of aromatic nitrogens is 1. The third kappa shape index (κ3) is 5.36. The highest BCUT2D eigenvalue weighted by Crippen LogP contribution is 2.39. The normalized spacial score (nSPS) is 19.7. The van der Waals surface area contributed by atoms with Gasteiger partial charge in [-0.05, 0) is 67.6 Å². The van der Waals surface area contributed by atoms with Crippen LogP contribution < -0.4 is 4.90 Å². The van der Waals surface area contributed by atoms with Crippen LogP contribution in [0.25, 0.3) is 11.3 Å². The minimum absolute atomic E-state index is 0.234. The number of thiazole rings is 1. The Hall–Kier alpha value is -1.47. The van der Waals surface area contributed by atoms with Crippen molar-refractivity contribution in [2.75, 3.05) is 44.3 Å². The number of anilines is 1. The first-order chi connectivity index (χ1) is 15.5. The third-order valence-electron chi connectivity index (χ3n) is 7.38. The summed E-state index contributed by atoms with van der Waals surface area (Å²) in [5.41, 5.74) is 5.60. The Morgan fingerprint density at radius 1 is 1.06 bits per heavy atom. The zero-order chi connectivity index (χ0) is 22.6. The van der Waals surface area contributed by atoms with Gasteiger partial charge in [0.25, 0.3) is 0 Å². The molecule has 1 fully saturated rings. The fraction of sp³-hybridized carbons (Fsp3) is 0.654. The first-order valence-corrected chi connectivity index (χ1v) is 13.2. The molecule has 176 valence electrons. The van der Waals surface area contributed by atoms with Crippen molar-refractivity contribution in [3.05, 3.63) is 34.7 Å². The van der Waals surface area contributed by atoms with Crippen molar-refractivity contribution in [1.29, 1.82) is 0 Å². The van der Waals surface area contributed by atoms with Gasteiger partial charge in [-0.15, -0.1) is 11.3 Å². The lowest BCUT2D eigenvalue weighted by Crippen LogP contribution is -2.50. The maximum Gasteiger partial charge on any atom is 0.185 e. The van der Waals surface area contributed by atoms with Gasteiger partial charge < -0.3 is 15.1 Å². The molecule has 1 aromatic heterocycles. The van der Waals surface area contributed by atoms with E-state index < -0.39 is 0 Å². The van der Waals surface area contributed by atoms with Crippen LogP contribution in [-0.4, -0.2) is 65.5 Å². The number of unbranched alkanes of at least 4 members (excludes halogenated alkanes) is 1. The lowest BCUT2D eigenvalue weighted by atomic mass is 9.72. The summed E-state index contributed by atoms with van der Waals surface area (Å²) in [6.45, 7) is 9.20. The predicted octanol–water partition coefficient (Wildman–Crippen LogP) is 4.46. The Bertz CT molecular complexity index is 874. The molecule has 5 nitrogen and oxygen atoms in total. The van der Waals surface area contributed by atoms with Gasteiger partial charge in [-0.25, -0.2) is 4.98 Å². The van der Waals surface area contributed by atoms with E-state index in [1.54, 1.807) is 11.3 Å². The monoisotopic (exact) mass is 457 g/mol. The van der Waals surface area contributed by atoms with Crippen LogP contribution in [0.15, 0.2) is 23.6 Å². The number of rotatable bonds is 9. The number of aryl methyl sites for hydroxylation is 1. The summed E-state index contributed by atoms with van der Waals surface area (Å²) >= 11 is 1.75. The van der Waals surface area contributed by atoms with Gasteiger partial charge in [0, 0.05) is 56.4 Å². The average molecular weight is 458 g/mol. The molecule has 1 unspecified atom stereocenters. The van der Waals surface area contributed by atoms with Crippen molar-refractivity contribution < 1.29 is 10.2 Å². The Labute approximate surface area is 197 Å². The lowest BCUT2D eigenvalue weighted by Gasteiger charge is -2.39. The van der Waals surface area contributed by atoms with Crippen molar-refractivity contribution >= 4 is 16.5 Å². The van der Waals surface area contributed by atoms with E-state index in [9.17, 15) is 5.11 Å². The molecular weight excluding hydrogens is 418 g/mol. The minimum Gasteiger partial charge on any atom is -0.396 e. The van der Waals surface area contributed by atoms with E-state index in [2.05, 4.69) is 47.2 Å². The van der Waals surface area contributed by atoms with Crippen molar-refractivity contribution in [3.63, 3.8) is 0 Å². The van der Waals surface area contributed by atoms with Gasteiger partial charge in [0.15, 0.2) is 5.13 Å². The quantitative estimate of drug-likeness (QED) is 0.545. The smallest absolute Gasteiger partial charge is 0.185 e. The lowest BCUT2D eigenvalue weighted by molar-refractivity contribution is 0.137. The molecule has 2 N–H and O–H groups in total. The van der Waals surface area contributed by atoms with E-state index in [-0.39, 0.29) is 18.6 Å². The molecule has 2 aliphatic rings. The van der Waals surface area contributed by atoms with E-state index in [0.717, 1.165) is 62.7 Å². The van der Waals surface area contributed by atoms with E-state index in [1.807, 2.05) is 0 Å². The second-order valence-corrected chi connectivity index (χ2v) is 10.9. The standard InChI is InChI=1S/C26H39N3O2S/c1-26(2)11-5-6-20-8-9-21(18-23(20)26)24-19-32-25(27-24)29-14-12-28(13-15-29)22(10-17-31)7-3-4-16-30/h8-9,18-19,22,30-31H,3-7,10-17H2,1-2H3. The molecule has 2 heterocycles. The molecule has 1 aliphatic carbocycles. The van der Waals surface area contributed by atoms with E-state index in [4.69, 9.17) is 10.1 Å². The van der Waals surface area contributed by atoms with Crippen LogP contribution in [-0.2, 0) is 11.8 Å². The van der Waals surface area contributed by atoms with Crippen molar-refractivity contribution in [2.45, 2.75) is 70.3 Å². The molecule has 1 aliphatic heterocycles. The van der Waals surface area contributed by atoms with Crippen molar-refractivity contribution in [2.24, 2.45) is 0 Å². The molecule has 1 aromatic carbocycles. The first kappa shape index (κ1) is 23.7. The molecule has 1 saturated heterocycles. The van der Waals surface area contributed by atoms with Gasteiger partial charge in [0.05, 0.1) is 5.69 Å². The number of piperazine rings is 1. The van der Waals surface area contributed by atoms with Crippen LogP contribution in [0.2, 0.25) is 0 Å². The number of nitrogens with zero attached hydrogens (tertiary/aromatic N) is 3. The van der Waals surface area contributed by atoms with Gasteiger partial charge in [-0.1, -0.05) is 26.0 Å². The molecule has 6 heteroatoms. The average Bonchev–Trinajstić information content (AvgIpc) is 3.29.